The Morgan fingerprint density at radius 2 is 2.20 bits per heavy atom. The van der Waals surface area contributed by atoms with Crippen LogP contribution in [0.1, 0.15) is 23.1 Å². The predicted octanol–water partition coefficient (Wildman–Crippen LogP) is 3.29. The van der Waals surface area contributed by atoms with Gasteiger partial charge in [-0.1, -0.05) is 37.3 Å². The molecule has 4 heteroatoms. The number of hydrogen-bond donors (Lipinski definition) is 0. The summed E-state index contributed by atoms with van der Waals surface area (Å²) in [5.41, 5.74) is 2.36. The van der Waals surface area contributed by atoms with Crippen LogP contribution in [0.2, 0.25) is 0 Å². The molecule has 0 unspecified atom stereocenters. The van der Waals surface area contributed by atoms with E-state index in [-0.39, 0.29) is 5.91 Å². The average Bonchev–Trinajstić information content (AvgIpc) is 2.87. The summed E-state index contributed by atoms with van der Waals surface area (Å²) in [4.78, 5) is 19.0. The summed E-state index contributed by atoms with van der Waals surface area (Å²) in [7, 11) is 0. The quantitative estimate of drug-likeness (QED) is 0.848. The second-order valence-corrected chi connectivity index (χ2v) is 7.00. The SMILES string of the molecule is C[C@]12C[C@H]1CN(C(=O)c1nc(-c3ccccc3)cs1)C2. The molecule has 2 fully saturated rings. The number of hydrogen-bond acceptors (Lipinski definition) is 3. The molecule has 2 aliphatic rings. The molecule has 2 atom stereocenters. The zero-order valence-electron chi connectivity index (χ0n) is 11.4. The van der Waals surface area contributed by atoms with E-state index in [0.29, 0.717) is 10.4 Å². The fraction of sp³-hybridized carbons (Fsp3) is 0.375. The van der Waals surface area contributed by atoms with E-state index in [2.05, 4.69) is 11.9 Å². The van der Waals surface area contributed by atoms with Crippen molar-refractivity contribution in [1.82, 2.24) is 9.88 Å². The molecule has 4 rings (SSSR count). The average molecular weight is 284 g/mol. The highest BCUT2D eigenvalue weighted by molar-refractivity contribution is 7.12. The summed E-state index contributed by atoms with van der Waals surface area (Å²) < 4.78 is 0. The van der Waals surface area contributed by atoms with Crippen molar-refractivity contribution in [2.75, 3.05) is 13.1 Å². The largest absolute Gasteiger partial charge is 0.336 e. The molecule has 1 aliphatic heterocycles. The Morgan fingerprint density at radius 3 is 2.90 bits per heavy atom. The van der Waals surface area contributed by atoms with Crippen LogP contribution in [0.3, 0.4) is 0 Å². The third-order valence-electron chi connectivity index (χ3n) is 4.57. The summed E-state index contributed by atoms with van der Waals surface area (Å²) in [6.45, 7) is 4.09. The number of aromatic nitrogens is 1. The van der Waals surface area contributed by atoms with Crippen LogP contribution in [0.15, 0.2) is 35.7 Å². The Labute approximate surface area is 122 Å². The number of carbonyl (C=O) groups excluding carboxylic acids is 1. The zero-order chi connectivity index (χ0) is 13.7. The first-order valence-electron chi connectivity index (χ1n) is 6.96. The molecule has 102 valence electrons. The van der Waals surface area contributed by atoms with Gasteiger partial charge in [0.15, 0.2) is 5.01 Å². The summed E-state index contributed by atoms with van der Waals surface area (Å²) in [5.74, 6) is 0.825. The van der Waals surface area contributed by atoms with Crippen LogP contribution < -0.4 is 0 Å². The van der Waals surface area contributed by atoms with Crippen LogP contribution in [0.5, 0.6) is 0 Å². The fourth-order valence-electron chi connectivity index (χ4n) is 3.15. The number of thiazole rings is 1. The third-order valence-corrected chi connectivity index (χ3v) is 5.41. The van der Waals surface area contributed by atoms with Crippen molar-refractivity contribution in [3.63, 3.8) is 0 Å². The lowest BCUT2D eigenvalue weighted by Gasteiger charge is -2.17. The first kappa shape index (κ1) is 12.1. The van der Waals surface area contributed by atoms with Gasteiger partial charge in [0.1, 0.15) is 0 Å². The Morgan fingerprint density at radius 1 is 1.40 bits per heavy atom. The van der Waals surface area contributed by atoms with Gasteiger partial charge in [0.2, 0.25) is 0 Å². The van der Waals surface area contributed by atoms with E-state index >= 15 is 0 Å². The number of fused-ring (bicyclic) bond motifs is 1. The molecule has 2 heterocycles. The van der Waals surface area contributed by atoms with Crippen molar-refractivity contribution < 1.29 is 4.79 Å². The Bertz CT molecular complexity index is 666. The maximum Gasteiger partial charge on any atom is 0.282 e. The number of nitrogens with zero attached hydrogens (tertiary/aromatic N) is 2. The molecule has 3 nitrogen and oxygen atoms in total. The van der Waals surface area contributed by atoms with Crippen LogP contribution in [0, 0.1) is 11.3 Å². The monoisotopic (exact) mass is 284 g/mol. The molecule has 0 radical (unpaired) electrons. The molecule has 1 saturated carbocycles. The minimum absolute atomic E-state index is 0.102. The summed E-state index contributed by atoms with van der Waals surface area (Å²) in [5, 5.41) is 2.59. The Hall–Kier alpha value is -1.68. The Balaban J connectivity index is 1.55. The van der Waals surface area contributed by atoms with Gasteiger partial charge in [0.25, 0.3) is 5.91 Å². The lowest BCUT2D eigenvalue weighted by atomic mass is 10.1. The molecule has 1 aromatic carbocycles. The van der Waals surface area contributed by atoms with Crippen LogP contribution in [-0.4, -0.2) is 28.9 Å². The van der Waals surface area contributed by atoms with Gasteiger partial charge in [0.05, 0.1) is 5.69 Å². The van der Waals surface area contributed by atoms with Crippen molar-refractivity contribution in [2.45, 2.75) is 13.3 Å². The van der Waals surface area contributed by atoms with E-state index in [4.69, 9.17) is 0 Å². The standard InChI is InChI=1S/C16H16N2OS/c1-16-7-12(16)8-18(10-16)15(19)14-17-13(9-20-14)11-5-3-2-4-6-11/h2-6,9,12H,7-8,10H2,1H3/t12-,16+/m0/s1. The zero-order valence-corrected chi connectivity index (χ0v) is 12.2. The molecular weight excluding hydrogens is 268 g/mol. The third kappa shape index (κ3) is 1.86. The molecule has 2 aromatic rings. The minimum Gasteiger partial charge on any atom is -0.336 e. The normalized spacial score (nSPS) is 27.4. The first-order valence-corrected chi connectivity index (χ1v) is 7.84. The van der Waals surface area contributed by atoms with Gasteiger partial charge < -0.3 is 4.90 Å². The predicted molar refractivity (Wildman–Crippen MR) is 79.7 cm³/mol. The minimum atomic E-state index is 0.102. The van der Waals surface area contributed by atoms with Crippen molar-refractivity contribution in [1.29, 1.82) is 0 Å². The van der Waals surface area contributed by atoms with Gasteiger partial charge in [0, 0.05) is 24.0 Å². The van der Waals surface area contributed by atoms with Gasteiger partial charge in [-0.3, -0.25) is 4.79 Å². The van der Waals surface area contributed by atoms with E-state index < -0.39 is 0 Å². The number of carbonyl (C=O) groups is 1. The highest BCUT2D eigenvalue weighted by Crippen LogP contribution is 2.57. The smallest absolute Gasteiger partial charge is 0.282 e. The lowest BCUT2D eigenvalue weighted by molar-refractivity contribution is 0.0766. The molecule has 0 spiro atoms. The van der Waals surface area contributed by atoms with Gasteiger partial charge in [-0.15, -0.1) is 11.3 Å². The molecule has 1 aliphatic carbocycles. The maximum atomic E-state index is 12.5. The summed E-state index contributed by atoms with van der Waals surface area (Å²) >= 11 is 1.45. The second-order valence-electron chi connectivity index (χ2n) is 6.14. The van der Waals surface area contributed by atoms with Crippen LogP contribution in [0.4, 0.5) is 0 Å². The van der Waals surface area contributed by atoms with Crippen molar-refractivity contribution in [2.24, 2.45) is 11.3 Å². The molecular formula is C16H16N2OS. The van der Waals surface area contributed by atoms with Crippen molar-refractivity contribution in [3.05, 3.63) is 40.7 Å². The summed E-state index contributed by atoms with van der Waals surface area (Å²) in [6, 6.07) is 10.0. The van der Waals surface area contributed by atoms with E-state index in [1.54, 1.807) is 0 Å². The summed E-state index contributed by atoms with van der Waals surface area (Å²) in [6.07, 6.45) is 1.28. The molecule has 1 amide bonds. The molecule has 0 N–H and O–H groups in total. The molecule has 1 saturated heterocycles. The van der Waals surface area contributed by atoms with E-state index in [1.807, 2.05) is 40.6 Å². The lowest BCUT2D eigenvalue weighted by Crippen LogP contribution is -2.31. The Kier molecular flexibility index (Phi) is 2.51. The van der Waals surface area contributed by atoms with Crippen molar-refractivity contribution in [3.8, 4) is 11.3 Å². The highest BCUT2D eigenvalue weighted by Gasteiger charge is 2.57. The second kappa shape index (κ2) is 4.16. The van der Waals surface area contributed by atoms with Gasteiger partial charge >= 0.3 is 0 Å². The van der Waals surface area contributed by atoms with Crippen molar-refractivity contribution >= 4 is 17.2 Å². The van der Waals surface area contributed by atoms with Crippen LogP contribution in [-0.2, 0) is 0 Å². The molecule has 0 bridgehead atoms. The van der Waals surface area contributed by atoms with Crippen LogP contribution in [0.25, 0.3) is 11.3 Å². The first-order chi connectivity index (χ1) is 9.66. The van der Waals surface area contributed by atoms with E-state index in [0.717, 1.165) is 30.3 Å². The maximum absolute atomic E-state index is 12.5. The number of benzene rings is 1. The van der Waals surface area contributed by atoms with Gasteiger partial charge in [-0.25, -0.2) is 4.98 Å². The molecule has 1 aromatic heterocycles. The topological polar surface area (TPSA) is 33.2 Å². The van der Waals surface area contributed by atoms with E-state index in [1.165, 1.54) is 17.8 Å². The van der Waals surface area contributed by atoms with Gasteiger partial charge in [-0.05, 0) is 17.8 Å². The number of rotatable bonds is 2. The fourth-order valence-corrected chi connectivity index (χ4v) is 3.95. The number of piperidine rings is 1. The van der Waals surface area contributed by atoms with Crippen LogP contribution >= 0.6 is 11.3 Å². The number of amides is 1. The molecule has 20 heavy (non-hydrogen) atoms. The van der Waals surface area contributed by atoms with Gasteiger partial charge in [-0.2, -0.15) is 0 Å². The highest BCUT2D eigenvalue weighted by atomic mass is 32.1. The van der Waals surface area contributed by atoms with E-state index in [9.17, 15) is 4.79 Å². The number of likely N-dealkylation sites (tertiary alicyclic amines) is 1.